The topological polar surface area (TPSA) is 32.5 Å². The van der Waals surface area contributed by atoms with Crippen molar-refractivity contribution in [2.24, 2.45) is 5.73 Å². The summed E-state index contributed by atoms with van der Waals surface area (Å²) in [5.74, 6) is 0. The van der Waals surface area contributed by atoms with Crippen molar-refractivity contribution >= 4 is 0 Å². The monoisotopic (exact) mass is 225 g/mol. The summed E-state index contributed by atoms with van der Waals surface area (Å²) < 4.78 is 0. The van der Waals surface area contributed by atoms with Crippen molar-refractivity contribution in [3.8, 4) is 0 Å². The third-order valence-corrected chi connectivity index (χ3v) is 4.27. The van der Waals surface area contributed by atoms with Gasteiger partial charge in [0.25, 0.3) is 0 Å². The molecular formula is C13H27N3. The summed E-state index contributed by atoms with van der Waals surface area (Å²) in [5.41, 5.74) is 6.09. The first kappa shape index (κ1) is 12.3. The fourth-order valence-electron chi connectivity index (χ4n) is 3.20. The van der Waals surface area contributed by atoms with Crippen molar-refractivity contribution in [1.29, 1.82) is 0 Å². The van der Waals surface area contributed by atoms with Gasteiger partial charge in [-0.2, -0.15) is 0 Å². The van der Waals surface area contributed by atoms with Gasteiger partial charge in [-0.1, -0.05) is 13.3 Å². The lowest BCUT2D eigenvalue weighted by Crippen LogP contribution is -2.44. The molecule has 2 unspecified atom stereocenters. The lowest BCUT2D eigenvalue weighted by molar-refractivity contribution is 0.151. The molecule has 2 fully saturated rings. The molecule has 0 spiro atoms. The molecule has 1 aliphatic carbocycles. The van der Waals surface area contributed by atoms with Gasteiger partial charge in [-0.25, -0.2) is 0 Å². The number of nitrogens with two attached hydrogens (primary N) is 1. The van der Waals surface area contributed by atoms with Gasteiger partial charge in [-0.05, 0) is 45.3 Å². The van der Waals surface area contributed by atoms with Gasteiger partial charge >= 0.3 is 0 Å². The first-order valence-corrected chi connectivity index (χ1v) is 7.01. The summed E-state index contributed by atoms with van der Waals surface area (Å²) in [6.07, 6.45) is 6.51. The van der Waals surface area contributed by atoms with Gasteiger partial charge in [-0.15, -0.1) is 0 Å². The molecule has 1 heterocycles. The van der Waals surface area contributed by atoms with Crippen LogP contribution in [0.5, 0.6) is 0 Å². The van der Waals surface area contributed by atoms with Crippen LogP contribution in [0.4, 0.5) is 0 Å². The van der Waals surface area contributed by atoms with Crippen LogP contribution in [0, 0.1) is 0 Å². The third-order valence-electron chi connectivity index (χ3n) is 4.27. The minimum absolute atomic E-state index is 0.462. The van der Waals surface area contributed by atoms with Gasteiger partial charge in [0.05, 0.1) is 0 Å². The quantitative estimate of drug-likeness (QED) is 0.768. The molecular weight excluding hydrogens is 198 g/mol. The second kappa shape index (κ2) is 5.99. The summed E-state index contributed by atoms with van der Waals surface area (Å²) in [5, 5.41) is 0. The summed E-state index contributed by atoms with van der Waals surface area (Å²) >= 11 is 0. The predicted octanol–water partition coefficient (Wildman–Crippen LogP) is 1.28. The van der Waals surface area contributed by atoms with Crippen LogP contribution in [0.2, 0.25) is 0 Å². The highest BCUT2D eigenvalue weighted by Crippen LogP contribution is 2.23. The number of hydrogen-bond acceptors (Lipinski definition) is 3. The van der Waals surface area contributed by atoms with E-state index in [0.29, 0.717) is 6.04 Å². The van der Waals surface area contributed by atoms with Crippen LogP contribution in [-0.2, 0) is 0 Å². The Balaban J connectivity index is 1.84. The molecule has 0 radical (unpaired) electrons. The van der Waals surface area contributed by atoms with Gasteiger partial charge in [-0.3, -0.25) is 4.90 Å². The first-order valence-electron chi connectivity index (χ1n) is 7.01. The van der Waals surface area contributed by atoms with Gasteiger partial charge in [0.15, 0.2) is 0 Å². The Hall–Kier alpha value is -0.120. The van der Waals surface area contributed by atoms with Crippen LogP contribution < -0.4 is 5.73 Å². The molecule has 0 amide bonds. The zero-order chi connectivity index (χ0) is 11.4. The fraction of sp³-hybridized carbons (Fsp3) is 1.00. The molecule has 3 heteroatoms. The highest BCUT2D eigenvalue weighted by Gasteiger charge is 2.26. The van der Waals surface area contributed by atoms with Crippen molar-refractivity contribution in [3.05, 3.63) is 0 Å². The predicted molar refractivity (Wildman–Crippen MR) is 68.5 cm³/mol. The smallest absolute Gasteiger partial charge is 0.0112 e. The van der Waals surface area contributed by atoms with Crippen LogP contribution in [0.3, 0.4) is 0 Å². The molecule has 0 aromatic rings. The van der Waals surface area contributed by atoms with E-state index in [1.165, 1.54) is 64.8 Å². The van der Waals surface area contributed by atoms with Crippen LogP contribution in [0.15, 0.2) is 0 Å². The van der Waals surface area contributed by atoms with E-state index in [4.69, 9.17) is 5.73 Å². The van der Waals surface area contributed by atoms with E-state index in [2.05, 4.69) is 16.7 Å². The number of hydrogen-bond donors (Lipinski definition) is 1. The maximum atomic E-state index is 6.09. The maximum Gasteiger partial charge on any atom is 0.0112 e. The van der Waals surface area contributed by atoms with Crippen molar-refractivity contribution in [3.63, 3.8) is 0 Å². The molecule has 2 aliphatic rings. The zero-order valence-corrected chi connectivity index (χ0v) is 10.7. The summed E-state index contributed by atoms with van der Waals surface area (Å²) in [4.78, 5) is 5.28. The molecule has 16 heavy (non-hydrogen) atoms. The minimum Gasteiger partial charge on any atom is -0.328 e. The third kappa shape index (κ3) is 3.19. The van der Waals surface area contributed by atoms with E-state index >= 15 is 0 Å². The van der Waals surface area contributed by atoms with Crippen molar-refractivity contribution < 1.29 is 0 Å². The maximum absolute atomic E-state index is 6.09. The average Bonchev–Trinajstić information content (AvgIpc) is 2.54. The van der Waals surface area contributed by atoms with Crippen molar-refractivity contribution in [2.45, 2.75) is 51.1 Å². The van der Waals surface area contributed by atoms with Crippen LogP contribution in [0.1, 0.15) is 39.0 Å². The fourth-order valence-corrected chi connectivity index (χ4v) is 3.20. The molecule has 2 atom stereocenters. The molecule has 1 aliphatic heterocycles. The van der Waals surface area contributed by atoms with E-state index in [-0.39, 0.29) is 0 Å². The molecule has 0 bridgehead atoms. The summed E-state index contributed by atoms with van der Waals surface area (Å²) in [6.45, 7) is 8.55. The van der Waals surface area contributed by atoms with E-state index in [1.54, 1.807) is 0 Å². The van der Waals surface area contributed by atoms with E-state index < -0.39 is 0 Å². The Morgan fingerprint density at radius 2 is 1.94 bits per heavy atom. The van der Waals surface area contributed by atoms with Crippen LogP contribution in [-0.4, -0.2) is 54.6 Å². The summed E-state index contributed by atoms with van der Waals surface area (Å²) in [7, 11) is 0. The Bertz CT molecular complexity index is 207. The number of likely N-dealkylation sites (N-methyl/N-ethyl adjacent to an activating group) is 1. The molecule has 1 saturated carbocycles. The highest BCUT2D eigenvalue weighted by molar-refractivity contribution is 4.83. The SMILES string of the molecule is CCN1CCCN(C2CCCC(N)C2)CC1. The van der Waals surface area contributed by atoms with Crippen LogP contribution >= 0.6 is 0 Å². The Kier molecular flexibility index (Phi) is 4.62. The van der Waals surface area contributed by atoms with Crippen molar-refractivity contribution in [1.82, 2.24) is 9.80 Å². The van der Waals surface area contributed by atoms with Gasteiger partial charge < -0.3 is 10.6 Å². The number of rotatable bonds is 2. The van der Waals surface area contributed by atoms with Crippen LogP contribution in [0.25, 0.3) is 0 Å². The summed E-state index contributed by atoms with van der Waals surface area (Å²) in [6, 6.07) is 1.24. The van der Waals surface area contributed by atoms with Gasteiger partial charge in [0.2, 0.25) is 0 Å². The molecule has 2 N–H and O–H groups in total. The molecule has 1 saturated heterocycles. The van der Waals surface area contributed by atoms with E-state index in [0.717, 1.165) is 6.04 Å². The lowest BCUT2D eigenvalue weighted by atomic mass is 9.90. The normalized spacial score (nSPS) is 34.9. The average molecular weight is 225 g/mol. The number of nitrogens with zero attached hydrogens (tertiary/aromatic N) is 2. The van der Waals surface area contributed by atoms with Gasteiger partial charge in [0, 0.05) is 25.2 Å². The second-order valence-electron chi connectivity index (χ2n) is 5.40. The second-order valence-corrected chi connectivity index (χ2v) is 5.40. The van der Waals surface area contributed by atoms with Crippen molar-refractivity contribution in [2.75, 3.05) is 32.7 Å². The first-order chi connectivity index (χ1) is 7.79. The standard InChI is InChI=1S/C13H27N3/c1-2-15-7-4-8-16(10-9-15)13-6-3-5-12(14)11-13/h12-13H,2-11,14H2,1H3. The molecule has 3 nitrogen and oxygen atoms in total. The van der Waals surface area contributed by atoms with Gasteiger partial charge in [0.1, 0.15) is 0 Å². The minimum atomic E-state index is 0.462. The zero-order valence-electron chi connectivity index (χ0n) is 10.7. The molecule has 0 aromatic heterocycles. The highest BCUT2D eigenvalue weighted by atomic mass is 15.2. The lowest BCUT2D eigenvalue weighted by Gasteiger charge is -2.35. The molecule has 2 rings (SSSR count). The Labute approximate surface area is 100.0 Å². The largest absolute Gasteiger partial charge is 0.328 e. The van der Waals surface area contributed by atoms with E-state index in [9.17, 15) is 0 Å². The Morgan fingerprint density at radius 3 is 2.69 bits per heavy atom. The van der Waals surface area contributed by atoms with E-state index in [1.807, 2.05) is 0 Å². The molecule has 94 valence electrons. The molecule has 0 aromatic carbocycles. The Morgan fingerprint density at radius 1 is 1.06 bits per heavy atom.